The van der Waals surface area contributed by atoms with Crippen LogP contribution in [0.1, 0.15) is 38.3 Å². The monoisotopic (exact) mass is 280 g/mol. The zero-order valence-corrected chi connectivity index (χ0v) is 12.0. The first kappa shape index (κ1) is 14.4. The molecular formula is C13H20N4O3. The summed E-state index contributed by atoms with van der Waals surface area (Å²) in [7, 11) is 1.70. The van der Waals surface area contributed by atoms with Gasteiger partial charge in [0.25, 0.3) is 0 Å². The SMILES string of the molecule is Cn1cc(C(NC(=O)N2CCCC2(C)C)C(=O)O)cn1. The summed E-state index contributed by atoms with van der Waals surface area (Å²) in [5.41, 5.74) is 0.229. The molecule has 1 aliphatic heterocycles. The predicted molar refractivity (Wildman–Crippen MR) is 72.1 cm³/mol. The highest BCUT2D eigenvalue weighted by Crippen LogP contribution is 2.28. The quantitative estimate of drug-likeness (QED) is 0.868. The van der Waals surface area contributed by atoms with Gasteiger partial charge in [-0.2, -0.15) is 5.10 Å². The number of likely N-dealkylation sites (tertiary alicyclic amines) is 1. The van der Waals surface area contributed by atoms with Gasteiger partial charge in [-0.15, -0.1) is 0 Å². The lowest BCUT2D eigenvalue weighted by Gasteiger charge is -2.32. The standard InChI is InChI=1S/C13H20N4O3/c1-13(2)5-4-6-17(13)12(20)15-10(11(18)19)9-7-14-16(3)8-9/h7-8,10H,4-6H2,1-3H3,(H,15,20)(H,18,19). The van der Waals surface area contributed by atoms with E-state index < -0.39 is 12.0 Å². The molecule has 1 aliphatic rings. The van der Waals surface area contributed by atoms with E-state index in [0.29, 0.717) is 12.1 Å². The van der Waals surface area contributed by atoms with E-state index in [2.05, 4.69) is 10.4 Å². The van der Waals surface area contributed by atoms with Crippen molar-refractivity contribution in [2.75, 3.05) is 6.54 Å². The molecule has 0 saturated carbocycles. The molecule has 7 heteroatoms. The molecule has 1 atom stereocenters. The maximum Gasteiger partial charge on any atom is 0.331 e. The number of aliphatic carboxylic acids is 1. The van der Waals surface area contributed by atoms with Crippen LogP contribution in [0.4, 0.5) is 4.79 Å². The molecule has 1 fully saturated rings. The van der Waals surface area contributed by atoms with E-state index in [1.807, 2.05) is 13.8 Å². The first-order valence-electron chi connectivity index (χ1n) is 6.61. The van der Waals surface area contributed by atoms with E-state index in [1.165, 1.54) is 10.9 Å². The normalized spacial score (nSPS) is 18.9. The van der Waals surface area contributed by atoms with Crippen LogP contribution in [0, 0.1) is 0 Å². The van der Waals surface area contributed by atoms with Crippen molar-refractivity contribution in [1.82, 2.24) is 20.0 Å². The number of hydrogen-bond donors (Lipinski definition) is 2. The number of amides is 2. The fourth-order valence-corrected chi connectivity index (χ4v) is 2.56. The molecule has 110 valence electrons. The van der Waals surface area contributed by atoms with Gasteiger partial charge in [-0.1, -0.05) is 0 Å². The Morgan fingerprint density at radius 1 is 1.50 bits per heavy atom. The third-order valence-corrected chi connectivity index (χ3v) is 3.72. The number of aryl methyl sites for hydroxylation is 1. The number of hydrogen-bond acceptors (Lipinski definition) is 3. The summed E-state index contributed by atoms with van der Waals surface area (Å²) in [4.78, 5) is 25.3. The lowest BCUT2D eigenvalue weighted by Crippen LogP contribution is -2.49. The molecule has 0 bridgehead atoms. The average molecular weight is 280 g/mol. The van der Waals surface area contributed by atoms with Gasteiger partial charge in [0, 0.05) is 30.9 Å². The maximum atomic E-state index is 12.3. The molecule has 2 heterocycles. The van der Waals surface area contributed by atoms with E-state index in [4.69, 9.17) is 0 Å². The van der Waals surface area contributed by atoms with Crippen molar-refractivity contribution in [3.05, 3.63) is 18.0 Å². The highest BCUT2D eigenvalue weighted by molar-refractivity contribution is 5.84. The van der Waals surface area contributed by atoms with E-state index in [9.17, 15) is 14.7 Å². The van der Waals surface area contributed by atoms with Gasteiger partial charge in [-0.05, 0) is 26.7 Å². The molecule has 2 rings (SSSR count). The summed E-state index contributed by atoms with van der Waals surface area (Å²) in [6.07, 6.45) is 4.90. The fraction of sp³-hybridized carbons (Fsp3) is 0.615. The second-order valence-electron chi connectivity index (χ2n) is 5.74. The van der Waals surface area contributed by atoms with Crippen LogP contribution in [-0.2, 0) is 11.8 Å². The smallest absolute Gasteiger partial charge is 0.331 e. The van der Waals surface area contributed by atoms with E-state index in [-0.39, 0.29) is 11.6 Å². The fourth-order valence-electron chi connectivity index (χ4n) is 2.56. The molecule has 1 aromatic rings. The average Bonchev–Trinajstić information content (AvgIpc) is 2.91. The molecule has 1 unspecified atom stereocenters. The molecule has 2 amide bonds. The number of carboxylic acids is 1. The van der Waals surface area contributed by atoms with Crippen molar-refractivity contribution in [2.45, 2.75) is 38.3 Å². The van der Waals surface area contributed by atoms with Gasteiger partial charge in [0.15, 0.2) is 6.04 Å². The summed E-state index contributed by atoms with van der Waals surface area (Å²) < 4.78 is 1.51. The first-order valence-corrected chi connectivity index (χ1v) is 6.61. The van der Waals surface area contributed by atoms with Crippen LogP contribution in [0.3, 0.4) is 0 Å². The Bertz CT molecular complexity index is 523. The van der Waals surface area contributed by atoms with Gasteiger partial charge in [0.2, 0.25) is 0 Å². The second-order valence-corrected chi connectivity index (χ2v) is 5.74. The number of nitrogens with zero attached hydrogens (tertiary/aromatic N) is 3. The van der Waals surface area contributed by atoms with Gasteiger partial charge in [-0.3, -0.25) is 4.68 Å². The van der Waals surface area contributed by atoms with Crippen molar-refractivity contribution in [3.63, 3.8) is 0 Å². The number of carbonyl (C=O) groups is 2. The Balaban J connectivity index is 2.13. The Labute approximate surface area is 117 Å². The van der Waals surface area contributed by atoms with Crippen molar-refractivity contribution in [1.29, 1.82) is 0 Å². The third-order valence-electron chi connectivity index (χ3n) is 3.72. The maximum absolute atomic E-state index is 12.3. The molecule has 0 aliphatic carbocycles. The lowest BCUT2D eigenvalue weighted by molar-refractivity contribution is -0.139. The summed E-state index contributed by atoms with van der Waals surface area (Å²) in [5.74, 6) is -1.09. The Morgan fingerprint density at radius 3 is 2.65 bits per heavy atom. The lowest BCUT2D eigenvalue weighted by atomic mass is 10.0. The van der Waals surface area contributed by atoms with Crippen molar-refractivity contribution >= 4 is 12.0 Å². The zero-order chi connectivity index (χ0) is 14.9. The van der Waals surface area contributed by atoms with Crippen LogP contribution < -0.4 is 5.32 Å². The number of aromatic nitrogens is 2. The van der Waals surface area contributed by atoms with Gasteiger partial charge < -0.3 is 15.3 Å². The minimum absolute atomic E-state index is 0.234. The molecule has 7 nitrogen and oxygen atoms in total. The van der Waals surface area contributed by atoms with Crippen LogP contribution in [0.2, 0.25) is 0 Å². The third kappa shape index (κ3) is 2.76. The van der Waals surface area contributed by atoms with Crippen LogP contribution in [0.5, 0.6) is 0 Å². The van der Waals surface area contributed by atoms with Crippen molar-refractivity contribution in [2.24, 2.45) is 7.05 Å². The molecular weight excluding hydrogens is 260 g/mol. The van der Waals surface area contributed by atoms with Gasteiger partial charge in [-0.25, -0.2) is 9.59 Å². The van der Waals surface area contributed by atoms with E-state index in [0.717, 1.165) is 12.8 Å². The number of nitrogens with one attached hydrogen (secondary N) is 1. The minimum atomic E-state index is -1.09. The summed E-state index contributed by atoms with van der Waals surface area (Å²) >= 11 is 0. The Kier molecular flexibility index (Phi) is 3.69. The highest BCUT2D eigenvalue weighted by atomic mass is 16.4. The Morgan fingerprint density at radius 2 is 2.20 bits per heavy atom. The summed E-state index contributed by atoms with van der Waals surface area (Å²) in [5, 5.41) is 15.8. The van der Waals surface area contributed by atoms with Crippen molar-refractivity contribution in [3.8, 4) is 0 Å². The molecule has 0 radical (unpaired) electrons. The van der Waals surface area contributed by atoms with Gasteiger partial charge in [0.1, 0.15) is 0 Å². The van der Waals surface area contributed by atoms with Crippen LogP contribution >= 0.6 is 0 Å². The number of rotatable bonds is 3. The molecule has 0 aromatic carbocycles. The number of carboxylic acid groups (broad SMARTS) is 1. The second kappa shape index (κ2) is 5.15. The molecule has 1 aromatic heterocycles. The molecule has 0 spiro atoms. The number of urea groups is 1. The zero-order valence-electron chi connectivity index (χ0n) is 12.0. The molecule has 20 heavy (non-hydrogen) atoms. The highest BCUT2D eigenvalue weighted by Gasteiger charge is 2.37. The molecule has 2 N–H and O–H groups in total. The van der Waals surface area contributed by atoms with Gasteiger partial charge in [0.05, 0.1) is 6.20 Å². The van der Waals surface area contributed by atoms with Crippen LogP contribution in [0.15, 0.2) is 12.4 Å². The summed E-state index contributed by atoms with van der Waals surface area (Å²) in [6, 6.07) is -1.42. The topological polar surface area (TPSA) is 87.5 Å². The van der Waals surface area contributed by atoms with Gasteiger partial charge >= 0.3 is 12.0 Å². The number of carbonyl (C=O) groups excluding carboxylic acids is 1. The van der Waals surface area contributed by atoms with E-state index >= 15 is 0 Å². The first-order chi connectivity index (χ1) is 9.31. The molecule has 1 saturated heterocycles. The predicted octanol–water partition coefficient (Wildman–Crippen LogP) is 1.13. The van der Waals surface area contributed by atoms with Crippen LogP contribution in [-0.4, -0.2) is 43.9 Å². The summed E-state index contributed by atoms with van der Waals surface area (Å²) in [6.45, 7) is 4.62. The Hall–Kier alpha value is -2.05. The van der Waals surface area contributed by atoms with E-state index in [1.54, 1.807) is 18.1 Å². The van der Waals surface area contributed by atoms with Crippen LogP contribution in [0.25, 0.3) is 0 Å². The largest absolute Gasteiger partial charge is 0.479 e. The van der Waals surface area contributed by atoms with Crippen molar-refractivity contribution < 1.29 is 14.7 Å². The minimum Gasteiger partial charge on any atom is -0.479 e.